The highest BCUT2D eigenvalue weighted by atomic mass is 32.1. The molecule has 0 saturated heterocycles. The van der Waals surface area contributed by atoms with Crippen molar-refractivity contribution in [2.24, 2.45) is 0 Å². The molecule has 0 saturated carbocycles. The molecule has 3 amide bonds. The largest absolute Gasteiger partial charge is 0.493 e. The Morgan fingerprint density at radius 2 is 2.02 bits per heavy atom. The lowest BCUT2D eigenvalue weighted by Gasteiger charge is -2.27. The van der Waals surface area contributed by atoms with Gasteiger partial charge in [0.1, 0.15) is 12.4 Å². The summed E-state index contributed by atoms with van der Waals surface area (Å²) in [6, 6.07) is 11.3. The van der Waals surface area contributed by atoms with Gasteiger partial charge in [-0.3, -0.25) is 14.4 Å². The van der Waals surface area contributed by atoms with E-state index < -0.39 is 0 Å². The second kappa shape index (κ2) is 12.4. The van der Waals surface area contributed by atoms with Crippen LogP contribution in [0.15, 0.2) is 41.8 Å². The van der Waals surface area contributed by atoms with Crippen molar-refractivity contribution in [3.8, 4) is 17.2 Å². The first-order valence-electron chi connectivity index (χ1n) is 13.2. The Hall–Kier alpha value is -4.12. The molecule has 0 spiro atoms. The van der Waals surface area contributed by atoms with E-state index in [4.69, 9.17) is 14.2 Å². The Balaban J connectivity index is 1.39. The highest BCUT2D eigenvalue weighted by Gasteiger charge is 2.28. The van der Waals surface area contributed by atoms with Gasteiger partial charge in [-0.25, -0.2) is 4.98 Å². The molecule has 1 unspecified atom stereocenters. The van der Waals surface area contributed by atoms with Crippen LogP contribution in [0.25, 0.3) is 0 Å². The third kappa shape index (κ3) is 6.53. The summed E-state index contributed by atoms with van der Waals surface area (Å²) in [5, 5.41) is 8.52. The smallest absolute Gasteiger partial charge is 0.239 e. The number of hydrogen-bond donors (Lipinski definition) is 2. The topological polar surface area (TPSA) is 119 Å². The third-order valence-corrected chi connectivity index (χ3v) is 7.69. The monoisotopic (exact) mass is 564 g/mol. The second-order valence-corrected chi connectivity index (χ2v) is 10.8. The molecule has 2 N–H and O–H groups in total. The number of methoxy groups -OCH3 is 1. The zero-order chi connectivity index (χ0) is 28.1. The number of hydrogen-bond acceptors (Lipinski definition) is 8. The minimum Gasteiger partial charge on any atom is -0.493 e. The van der Waals surface area contributed by atoms with Crippen molar-refractivity contribution in [1.29, 1.82) is 0 Å². The molecule has 11 heteroatoms. The lowest BCUT2D eigenvalue weighted by atomic mass is 9.84. The quantitative estimate of drug-likeness (QED) is 0.469. The second-order valence-electron chi connectivity index (χ2n) is 9.71. The molecule has 0 aliphatic carbocycles. The first-order valence-corrected chi connectivity index (χ1v) is 14.1. The fraction of sp³-hybridized carbons (Fsp3) is 0.379. The highest BCUT2D eigenvalue weighted by molar-refractivity contribution is 7.09. The number of aromatic nitrogens is 1. The molecule has 4 heterocycles. The minimum atomic E-state index is -0.278. The number of fused-ring (bicyclic) bond motifs is 11. The number of rotatable bonds is 3. The van der Waals surface area contributed by atoms with E-state index in [0.717, 1.165) is 16.1 Å². The molecule has 40 heavy (non-hydrogen) atoms. The predicted octanol–water partition coefficient (Wildman–Crippen LogP) is 3.28. The van der Waals surface area contributed by atoms with Crippen LogP contribution in [0.4, 0.5) is 5.69 Å². The van der Waals surface area contributed by atoms with Crippen molar-refractivity contribution in [1.82, 2.24) is 15.2 Å². The fourth-order valence-electron chi connectivity index (χ4n) is 4.93. The van der Waals surface area contributed by atoms with Gasteiger partial charge < -0.3 is 29.7 Å². The average Bonchev–Trinajstić information content (AvgIpc) is 3.35. The van der Waals surface area contributed by atoms with Crippen LogP contribution in [0.3, 0.4) is 0 Å². The Morgan fingerprint density at radius 1 is 1.15 bits per heavy atom. The molecule has 3 aliphatic rings. The van der Waals surface area contributed by atoms with E-state index in [9.17, 15) is 14.4 Å². The van der Waals surface area contributed by atoms with Gasteiger partial charge in [-0.2, -0.15) is 0 Å². The van der Waals surface area contributed by atoms with Crippen molar-refractivity contribution < 1.29 is 28.6 Å². The Bertz CT molecular complexity index is 1410. The Labute approximate surface area is 236 Å². The Kier molecular flexibility index (Phi) is 8.49. The molecule has 210 valence electrons. The SMILES string of the molecule is COc1ccc2cc1OCCCN(C(=O)Cc1csc(C)n1)CC(=O)NCCOc1ccc3c(c1)NC(=O)CC23. The van der Waals surface area contributed by atoms with Gasteiger partial charge in [-0.15, -0.1) is 11.3 Å². The summed E-state index contributed by atoms with van der Waals surface area (Å²) < 4.78 is 17.5. The average molecular weight is 565 g/mol. The summed E-state index contributed by atoms with van der Waals surface area (Å²) >= 11 is 1.49. The molecule has 6 bridgehead atoms. The number of anilines is 1. The van der Waals surface area contributed by atoms with Crippen LogP contribution >= 0.6 is 11.3 Å². The molecule has 0 fully saturated rings. The minimum absolute atomic E-state index is 0.0761. The van der Waals surface area contributed by atoms with E-state index in [1.54, 1.807) is 13.2 Å². The fourth-order valence-corrected chi connectivity index (χ4v) is 5.54. The van der Waals surface area contributed by atoms with Crippen molar-refractivity contribution in [3.05, 3.63) is 63.6 Å². The normalized spacial score (nSPS) is 17.9. The summed E-state index contributed by atoms with van der Waals surface area (Å²) in [5.41, 5.74) is 3.31. The number of thiazole rings is 1. The van der Waals surface area contributed by atoms with Crippen LogP contribution in [0.5, 0.6) is 17.2 Å². The van der Waals surface area contributed by atoms with Crippen molar-refractivity contribution >= 4 is 34.7 Å². The van der Waals surface area contributed by atoms with Gasteiger partial charge in [-0.1, -0.05) is 12.1 Å². The zero-order valence-corrected chi connectivity index (χ0v) is 23.3. The summed E-state index contributed by atoms with van der Waals surface area (Å²) in [6.45, 7) is 2.97. The molecule has 10 nitrogen and oxygen atoms in total. The van der Waals surface area contributed by atoms with Gasteiger partial charge in [0.25, 0.3) is 0 Å². The number of amides is 3. The molecular formula is C29H32N4O6S. The first-order chi connectivity index (χ1) is 19.4. The number of carbonyl (C=O) groups is 3. The maximum Gasteiger partial charge on any atom is 0.239 e. The first kappa shape index (κ1) is 27.4. The van der Waals surface area contributed by atoms with E-state index in [0.29, 0.717) is 54.6 Å². The number of benzene rings is 2. The van der Waals surface area contributed by atoms with E-state index in [-0.39, 0.29) is 49.8 Å². The van der Waals surface area contributed by atoms with Crippen molar-refractivity contribution in [2.45, 2.75) is 32.1 Å². The van der Waals surface area contributed by atoms with Gasteiger partial charge in [0.2, 0.25) is 17.7 Å². The molecule has 3 aliphatic heterocycles. The number of nitrogens with one attached hydrogen (secondary N) is 2. The van der Waals surface area contributed by atoms with Gasteiger partial charge in [0.05, 0.1) is 43.9 Å². The van der Waals surface area contributed by atoms with Crippen molar-refractivity contribution in [3.63, 3.8) is 0 Å². The van der Waals surface area contributed by atoms with Crippen LogP contribution in [-0.2, 0) is 20.8 Å². The zero-order valence-electron chi connectivity index (χ0n) is 22.5. The number of ether oxygens (including phenoxy) is 3. The van der Waals surface area contributed by atoms with Crippen LogP contribution in [-0.4, -0.2) is 67.6 Å². The molecular weight excluding hydrogens is 532 g/mol. The lowest BCUT2D eigenvalue weighted by Crippen LogP contribution is -2.43. The molecule has 0 radical (unpaired) electrons. The van der Waals surface area contributed by atoms with E-state index >= 15 is 0 Å². The maximum absolute atomic E-state index is 13.1. The van der Waals surface area contributed by atoms with Crippen LogP contribution in [0.2, 0.25) is 0 Å². The summed E-state index contributed by atoms with van der Waals surface area (Å²) in [4.78, 5) is 44.4. The summed E-state index contributed by atoms with van der Waals surface area (Å²) in [5.74, 6) is 1.02. The maximum atomic E-state index is 13.1. The van der Waals surface area contributed by atoms with Crippen molar-refractivity contribution in [2.75, 3.05) is 45.3 Å². The van der Waals surface area contributed by atoms with Crippen LogP contribution < -0.4 is 24.8 Å². The molecule has 3 aromatic rings. The molecule has 6 rings (SSSR count). The van der Waals surface area contributed by atoms with Gasteiger partial charge in [0.15, 0.2) is 11.5 Å². The highest BCUT2D eigenvalue weighted by Crippen LogP contribution is 2.41. The van der Waals surface area contributed by atoms with E-state index in [1.807, 2.05) is 42.6 Å². The summed E-state index contributed by atoms with van der Waals surface area (Å²) in [7, 11) is 1.58. The Morgan fingerprint density at radius 3 is 2.83 bits per heavy atom. The van der Waals surface area contributed by atoms with Gasteiger partial charge >= 0.3 is 0 Å². The van der Waals surface area contributed by atoms with Gasteiger partial charge in [0, 0.05) is 36.0 Å². The molecule has 1 aromatic heterocycles. The predicted molar refractivity (Wildman–Crippen MR) is 150 cm³/mol. The van der Waals surface area contributed by atoms with E-state index in [1.165, 1.54) is 16.2 Å². The van der Waals surface area contributed by atoms with Crippen LogP contribution in [0.1, 0.15) is 40.6 Å². The third-order valence-electron chi connectivity index (χ3n) is 6.86. The van der Waals surface area contributed by atoms with Crippen LogP contribution in [0, 0.1) is 6.92 Å². The van der Waals surface area contributed by atoms with Gasteiger partial charge in [-0.05, 0) is 42.7 Å². The molecule has 1 atom stereocenters. The standard InChI is InChI=1S/C29H32N4O6S/c1-18-31-20(17-40-18)13-29(36)33-9-3-10-39-26-12-19(4-7-25(26)37-2)23-15-27(34)32-24-14-21(5-6-22(23)24)38-11-8-30-28(35)16-33/h4-7,12,14,17,23H,3,8-11,13,15-16H2,1-2H3,(H,30,35)(H,32,34). The summed E-state index contributed by atoms with van der Waals surface area (Å²) in [6.07, 6.45) is 0.938. The lowest BCUT2D eigenvalue weighted by molar-refractivity contribution is -0.135. The number of aryl methyl sites for hydroxylation is 1. The molecule has 2 aromatic carbocycles. The number of carbonyl (C=O) groups excluding carboxylic acids is 3. The number of nitrogens with zero attached hydrogens (tertiary/aromatic N) is 2. The van der Waals surface area contributed by atoms with E-state index in [2.05, 4.69) is 15.6 Å².